The molecule has 1 nitrogen and oxygen atoms in total. The summed E-state index contributed by atoms with van der Waals surface area (Å²) in [6.07, 6.45) is -2.42. The fraction of sp³-hybridized carbons (Fsp3) is 0.300. The normalized spacial score (nSPS) is 11.5. The third-order valence-electron chi connectivity index (χ3n) is 1.93. The zero-order valence-electron chi connectivity index (χ0n) is 7.97. The molecule has 15 heavy (non-hydrogen) atoms. The summed E-state index contributed by atoms with van der Waals surface area (Å²) in [6.45, 7) is 0. The number of rotatable bonds is 3. The van der Waals surface area contributed by atoms with E-state index >= 15 is 0 Å². The van der Waals surface area contributed by atoms with Crippen molar-refractivity contribution in [2.45, 2.75) is 17.5 Å². The highest BCUT2D eigenvalue weighted by molar-refractivity contribution is 7.98. The van der Waals surface area contributed by atoms with Gasteiger partial charge in [-0.2, -0.15) is 13.2 Å². The van der Waals surface area contributed by atoms with Gasteiger partial charge < -0.3 is 4.79 Å². The van der Waals surface area contributed by atoms with Gasteiger partial charge in [-0.1, -0.05) is 6.07 Å². The second-order valence-electron chi connectivity index (χ2n) is 2.89. The van der Waals surface area contributed by atoms with Gasteiger partial charge in [-0.3, -0.25) is 0 Å². The molecule has 0 N–H and O–H groups in total. The molecule has 0 saturated carbocycles. The molecule has 0 aliphatic rings. The van der Waals surface area contributed by atoms with Crippen molar-refractivity contribution in [2.75, 3.05) is 6.26 Å². The summed E-state index contributed by atoms with van der Waals surface area (Å²) < 4.78 is 37.7. The third kappa shape index (κ3) is 2.99. The summed E-state index contributed by atoms with van der Waals surface area (Å²) in [5, 5.41) is 0. The summed E-state index contributed by atoms with van der Waals surface area (Å²) >= 11 is 1.24. The number of halogens is 3. The first kappa shape index (κ1) is 12.1. The fourth-order valence-corrected chi connectivity index (χ4v) is 1.65. The van der Waals surface area contributed by atoms with Crippen LogP contribution in [0.4, 0.5) is 13.2 Å². The van der Waals surface area contributed by atoms with Crippen molar-refractivity contribution in [1.29, 1.82) is 0 Å². The molecule has 0 amide bonds. The van der Waals surface area contributed by atoms with Crippen LogP contribution in [0, 0.1) is 0 Å². The molecule has 1 rings (SSSR count). The average Bonchev–Trinajstić information content (AvgIpc) is 2.17. The lowest BCUT2D eigenvalue weighted by molar-refractivity contribution is -0.138. The number of hydrogen-bond donors (Lipinski definition) is 0. The van der Waals surface area contributed by atoms with Crippen LogP contribution in [0.1, 0.15) is 11.1 Å². The Morgan fingerprint density at radius 1 is 1.40 bits per heavy atom. The van der Waals surface area contributed by atoms with E-state index in [4.69, 9.17) is 0 Å². The second-order valence-corrected chi connectivity index (χ2v) is 3.77. The molecule has 5 heteroatoms. The number of thioether (sulfide) groups is 1. The average molecular weight is 234 g/mol. The van der Waals surface area contributed by atoms with Crippen LogP contribution in [-0.4, -0.2) is 12.5 Å². The van der Waals surface area contributed by atoms with Crippen LogP contribution in [-0.2, 0) is 17.4 Å². The van der Waals surface area contributed by atoms with Gasteiger partial charge in [0.25, 0.3) is 0 Å². The molecule has 0 spiro atoms. The van der Waals surface area contributed by atoms with Gasteiger partial charge in [0, 0.05) is 11.3 Å². The first-order valence-corrected chi connectivity index (χ1v) is 5.39. The quantitative estimate of drug-likeness (QED) is 0.590. The molecular formula is C10H9F3OS. The maximum atomic E-state index is 12.6. The topological polar surface area (TPSA) is 17.1 Å². The van der Waals surface area contributed by atoms with Crippen LogP contribution in [0.25, 0.3) is 0 Å². The molecule has 1 aromatic rings. The summed E-state index contributed by atoms with van der Waals surface area (Å²) in [6, 6.07) is 4.01. The van der Waals surface area contributed by atoms with Crippen molar-refractivity contribution in [2.24, 2.45) is 0 Å². The second kappa shape index (κ2) is 4.70. The van der Waals surface area contributed by atoms with Crippen molar-refractivity contribution in [3.63, 3.8) is 0 Å². The van der Waals surface area contributed by atoms with E-state index in [1.807, 2.05) is 0 Å². The lowest BCUT2D eigenvalue weighted by Gasteiger charge is -2.12. The molecule has 0 aliphatic carbocycles. The Kier molecular flexibility index (Phi) is 3.79. The van der Waals surface area contributed by atoms with E-state index < -0.39 is 11.7 Å². The Bertz CT molecular complexity index is 360. The largest absolute Gasteiger partial charge is 0.416 e. The van der Waals surface area contributed by atoms with Gasteiger partial charge in [0.1, 0.15) is 6.29 Å². The number of alkyl halides is 3. The van der Waals surface area contributed by atoms with E-state index in [9.17, 15) is 18.0 Å². The number of carbonyl (C=O) groups is 1. The zero-order chi connectivity index (χ0) is 11.5. The molecule has 0 unspecified atom stereocenters. The van der Waals surface area contributed by atoms with E-state index in [0.29, 0.717) is 11.2 Å². The van der Waals surface area contributed by atoms with E-state index in [1.165, 1.54) is 17.8 Å². The summed E-state index contributed by atoms with van der Waals surface area (Å²) in [5.74, 6) is 0. The predicted octanol–water partition coefficient (Wildman–Crippen LogP) is 3.17. The molecule has 0 radical (unpaired) electrons. The van der Waals surface area contributed by atoms with Crippen LogP contribution >= 0.6 is 11.8 Å². The molecule has 1 aromatic carbocycles. The SMILES string of the molecule is CSc1ccc(CC=O)c(C(F)(F)F)c1. The van der Waals surface area contributed by atoms with Crippen molar-refractivity contribution in [1.82, 2.24) is 0 Å². The Morgan fingerprint density at radius 3 is 2.53 bits per heavy atom. The van der Waals surface area contributed by atoms with Gasteiger partial charge in [-0.05, 0) is 24.0 Å². The summed E-state index contributed by atoms with van der Waals surface area (Å²) in [4.78, 5) is 10.8. The molecule has 82 valence electrons. The predicted molar refractivity (Wildman–Crippen MR) is 53.0 cm³/mol. The van der Waals surface area contributed by atoms with E-state index in [1.54, 1.807) is 12.3 Å². The highest BCUT2D eigenvalue weighted by atomic mass is 32.2. The van der Waals surface area contributed by atoms with Gasteiger partial charge in [0.15, 0.2) is 0 Å². The number of carbonyl (C=O) groups excluding carboxylic acids is 1. The van der Waals surface area contributed by atoms with Crippen LogP contribution in [0.2, 0.25) is 0 Å². The standard InChI is InChI=1S/C10H9F3OS/c1-15-8-3-2-7(4-5-14)9(6-8)10(11,12)13/h2-3,5-6H,4H2,1H3. The highest BCUT2D eigenvalue weighted by Gasteiger charge is 2.33. The molecule has 0 fully saturated rings. The first-order valence-electron chi connectivity index (χ1n) is 4.16. The molecule has 0 aliphatic heterocycles. The Hall–Kier alpha value is -0.970. The van der Waals surface area contributed by atoms with Gasteiger partial charge in [0.05, 0.1) is 5.56 Å². The summed E-state index contributed by atoms with van der Waals surface area (Å²) in [5.41, 5.74) is -0.697. The van der Waals surface area contributed by atoms with Gasteiger partial charge in [-0.15, -0.1) is 11.8 Å². The minimum Gasteiger partial charge on any atom is -0.303 e. The van der Waals surface area contributed by atoms with Crippen molar-refractivity contribution >= 4 is 18.0 Å². The minimum atomic E-state index is -4.40. The number of aldehydes is 1. The smallest absolute Gasteiger partial charge is 0.303 e. The Labute approximate surface area is 89.7 Å². The third-order valence-corrected chi connectivity index (χ3v) is 2.65. The van der Waals surface area contributed by atoms with Crippen molar-refractivity contribution in [3.05, 3.63) is 29.3 Å². The zero-order valence-corrected chi connectivity index (χ0v) is 8.78. The maximum Gasteiger partial charge on any atom is 0.416 e. The van der Waals surface area contributed by atoms with Gasteiger partial charge in [-0.25, -0.2) is 0 Å². The molecule has 0 heterocycles. The molecule has 0 saturated heterocycles. The van der Waals surface area contributed by atoms with Crippen molar-refractivity contribution in [3.8, 4) is 0 Å². The van der Waals surface area contributed by atoms with Crippen molar-refractivity contribution < 1.29 is 18.0 Å². The Morgan fingerprint density at radius 2 is 2.07 bits per heavy atom. The fourth-order valence-electron chi connectivity index (χ4n) is 1.21. The molecule has 0 atom stereocenters. The lowest BCUT2D eigenvalue weighted by atomic mass is 10.1. The van der Waals surface area contributed by atoms with Gasteiger partial charge in [0.2, 0.25) is 0 Å². The molecule has 0 bridgehead atoms. The molecular weight excluding hydrogens is 225 g/mol. The minimum absolute atomic E-state index is 0.0234. The summed E-state index contributed by atoms with van der Waals surface area (Å²) in [7, 11) is 0. The number of hydrogen-bond acceptors (Lipinski definition) is 2. The van der Waals surface area contributed by atoms with Gasteiger partial charge >= 0.3 is 6.18 Å². The number of benzene rings is 1. The molecule has 0 aromatic heterocycles. The van der Waals surface area contributed by atoms with Crippen LogP contribution in [0.15, 0.2) is 23.1 Å². The Balaban J connectivity index is 3.22. The highest BCUT2D eigenvalue weighted by Crippen LogP contribution is 2.34. The van der Waals surface area contributed by atoms with Crippen LogP contribution in [0.3, 0.4) is 0 Å². The van der Waals surface area contributed by atoms with E-state index in [2.05, 4.69) is 0 Å². The first-order chi connectivity index (χ1) is 6.99. The van der Waals surface area contributed by atoms with E-state index in [-0.39, 0.29) is 12.0 Å². The maximum absolute atomic E-state index is 12.6. The lowest BCUT2D eigenvalue weighted by Crippen LogP contribution is -2.09. The van der Waals surface area contributed by atoms with Crippen LogP contribution < -0.4 is 0 Å². The van der Waals surface area contributed by atoms with E-state index in [0.717, 1.165) is 6.07 Å². The monoisotopic (exact) mass is 234 g/mol. The van der Waals surface area contributed by atoms with Crippen LogP contribution in [0.5, 0.6) is 0 Å².